The van der Waals surface area contributed by atoms with Crippen molar-refractivity contribution in [3.05, 3.63) is 89.2 Å². The summed E-state index contributed by atoms with van der Waals surface area (Å²) in [6.07, 6.45) is 0.487. The number of hydrogen-bond acceptors (Lipinski definition) is 3. The molecule has 1 heterocycles. The number of para-hydroxylation sites is 1. The first-order chi connectivity index (χ1) is 14.3. The number of nitrogens with one attached hydrogen (secondary N) is 1. The number of sulfonamides is 1. The SMILES string of the molecule is Cc1ccccc1NC(=O)c1ccc2c(c1)C[C@@H](C)N2S(=O)(=O)c1ccc(F)cc1. The number of benzene rings is 3. The Morgan fingerprint density at radius 2 is 1.77 bits per heavy atom. The van der Waals surface area contributed by atoms with Crippen molar-refractivity contribution in [1.29, 1.82) is 0 Å². The molecule has 0 spiro atoms. The fourth-order valence-corrected chi connectivity index (χ4v) is 5.43. The second kappa shape index (κ2) is 7.57. The van der Waals surface area contributed by atoms with Gasteiger partial charge in [-0.3, -0.25) is 9.10 Å². The summed E-state index contributed by atoms with van der Waals surface area (Å²) >= 11 is 0. The molecule has 0 saturated heterocycles. The molecule has 4 rings (SSSR count). The second-order valence-electron chi connectivity index (χ2n) is 7.42. The fraction of sp³-hybridized carbons (Fsp3) is 0.174. The Morgan fingerprint density at radius 1 is 1.07 bits per heavy atom. The molecule has 1 N–H and O–H groups in total. The molecule has 1 atom stereocenters. The standard InChI is InChI=1S/C23H21FN2O3S/c1-15-5-3-4-6-21(15)25-23(27)17-7-12-22-18(14-17)13-16(2)26(22)30(28,29)20-10-8-19(24)9-11-20/h3-12,14,16H,13H2,1-2H3,(H,25,27)/t16-/m1/s1. The van der Waals surface area contributed by atoms with Gasteiger partial charge >= 0.3 is 0 Å². The van der Waals surface area contributed by atoms with E-state index in [1.165, 1.54) is 16.4 Å². The number of fused-ring (bicyclic) bond motifs is 1. The summed E-state index contributed by atoms with van der Waals surface area (Å²) in [5, 5.41) is 2.90. The van der Waals surface area contributed by atoms with Crippen LogP contribution in [0.2, 0.25) is 0 Å². The van der Waals surface area contributed by atoms with Gasteiger partial charge in [-0.25, -0.2) is 12.8 Å². The van der Waals surface area contributed by atoms with Crippen LogP contribution in [0, 0.1) is 12.7 Å². The molecular weight excluding hydrogens is 403 g/mol. The minimum Gasteiger partial charge on any atom is -0.322 e. The predicted octanol–water partition coefficient (Wildman–Crippen LogP) is 4.53. The molecule has 154 valence electrons. The first kappa shape index (κ1) is 20.1. The van der Waals surface area contributed by atoms with Crippen molar-refractivity contribution in [2.24, 2.45) is 0 Å². The second-order valence-corrected chi connectivity index (χ2v) is 9.24. The summed E-state index contributed by atoms with van der Waals surface area (Å²) in [7, 11) is -3.84. The Kier molecular flexibility index (Phi) is 5.07. The van der Waals surface area contributed by atoms with Crippen LogP contribution in [0.15, 0.2) is 71.6 Å². The van der Waals surface area contributed by atoms with E-state index >= 15 is 0 Å². The Hall–Kier alpha value is -3.19. The molecule has 7 heteroatoms. The zero-order valence-corrected chi connectivity index (χ0v) is 17.4. The van der Waals surface area contributed by atoms with E-state index in [-0.39, 0.29) is 16.8 Å². The highest BCUT2D eigenvalue weighted by atomic mass is 32.2. The van der Waals surface area contributed by atoms with Crippen LogP contribution >= 0.6 is 0 Å². The van der Waals surface area contributed by atoms with Gasteiger partial charge in [0.2, 0.25) is 0 Å². The van der Waals surface area contributed by atoms with Gasteiger partial charge in [-0.1, -0.05) is 18.2 Å². The highest BCUT2D eigenvalue weighted by Crippen LogP contribution is 2.37. The summed E-state index contributed by atoms with van der Waals surface area (Å²) in [6, 6.07) is 17.0. The molecule has 0 bridgehead atoms. The lowest BCUT2D eigenvalue weighted by Crippen LogP contribution is -2.35. The van der Waals surface area contributed by atoms with Gasteiger partial charge in [-0.2, -0.15) is 0 Å². The summed E-state index contributed by atoms with van der Waals surface area (Å²) in [5.41, 5.74) is 3.48. The highest BCUT2D eigenvalue weighted by molar-refractivity contribution is 7.92. The molecule has 1 amide bonds. The topological polar surface area (TPSA) is 66.5 Å². The van der Waals surface area contributed by atoms with Crippen molar-refractivity contribution in [3.63, 3.8) is 0 Å². The highest BCUT2D eigenvalue weighted by Gasteiger charge is 2.36. The number of carbonyl (C=O) groups excluding carboxylic acids is 1. The van der Waals surface area contributed by atoms with Crippen molar-refractivity contribution >= 4 is 27.3 Å². The largest absolute Gasteiger partial charge is 0.322 e. The van der Waals surface area contributed by atoms with E-state index in [4.69, 9.17) is 0 Å². The minimum atomic E-state index is -3.84. The normalized spacial score (nSPS) is 15.7. The van der Waals surface area contributed by atoms with Gasteiger partial charge in [0.1, 0.15) is 5.82 Å². The van der Waals surface area contributed by atoms with Gasteiger partial charge in [0, 0.05) is 17.3 Å². The van der Waals surface area contributed by atoms with Crippen LogP contribution in [-0.4, -0.2) is 20.4 Å². The van der Waals surface area contributed by atoms with Crippen LogP contribution < -0.4 is 9.62 Å². The van der Waals surface area contributed by atoms with Crippen LogP contribution in [0.3, 0.4) is 0 Å². The Balaban J connectivity index is 1.64. The zero-order valence-electron chi connectivity index (χ0n) is 16.6. The van der Waals surface area contributed by atoms with Gasteiger partial charge in [-0.05, 0) is 79.9 Å². The number of nitrogens with zero attached hydrogens (tertiary/aromatic N) is 1. The third-order valence-electron chi connectivity index (χ3n) is 5.26. The smallest absolute Gasteiger partial charge is 0.264 e. The maximum absolute atomic E-state index is 13.2. The van der Waals surface area contributed by atoms with Gasteiger partial charge in [0.25, 0.3) is 15.9 Å². The molecule has 0 radical (unpaired) electrons. The van der Waals surface area contributed by atoms with Gasteiger partial charge in [-0.15, -0.1) is 0 Å². The van der Waals surface area contributed by atoms with Gasteiger partial charge < -0.3 is 5.32 Å². The molecule has 5 nitrogen and oxygen atoms in total. The first-order valence-corrected chi connectivity index (χ1v) is 11.0. The van der Waals surface area contributed by atoms with Crippen molar-refractivity contribution < 1.29 is 17.6 Å². The van der Waals surface area contributed by atoms with Gasteiger partial charge in [0.15, 0.2) is 0 Å². The Bertz CT molecular complexity index is 1220. The third-order valence-corrected chi connectivity index (χ3v) is 7.20. The van der Waals surface area contributed by atoms with E-state index < -0.39 is 15.8 Å². The maximum atomic E-state index is 13.2. The molecular formula is C23H21FN2O3S. The Morgan fingerprint density at radius 3 is 2.47 bits per heavy atom. The molecule has 0 fully saturated rings. The molecule has 0 aliphatic carbocycles. The molecule has 0 unspecified atom stereocenters. The van der Waals surface area contributed by atoms with Crippen molar-refractivity contribution in [2.75, 3.05) is 9.62 Å². The van der Waals surface area contributed by atoms with Crippen molar-refractivity contribution in [1.82, 2.24) is 0 Å². The molecule has 3 aromatic carbocycles. The van der Waals surface area contributed by atoms with Crippen LogP contribution in [0.4, 0.5) is 15.8 Å². The van der Waals surface area contributed by atoms with E-state index in [1.54, 1.807) is 18.2 Å². The zero-order chi connectivity index (χ0) is 21.5. The van der Waals surface area contributed by atoms with Crippen molar-refractivity contribution in [3.8, 4) is 0 Å². The van der Waals surface area contributed by atoms with E-state index in [0.29, 0.717) is 17.7 Å². The molecule has 30 heavy (non-hydrogen) atoms. The molecule has 0 saturated carbocycles. The van der Waals surface area contributed by atoms with Crippen molar-refractivity contribution in [2.45, 2.75) is 31.2 Å². The van der Waals surface area contributed by atoms with Gasteiger partial charge in [0.05, 0.1) is 10.6 Å². The quantitative estimate of drug-likeness (QED) is 0.669. The third kappa shape index (κ3) is 3.57. The lowest BCUT2D eigenvalue weighted by molar-refractivity contribution is 0.102. The van der Waals surface area contributed by atoms with E-state index in [2.05, 4.69) is 5.32 Å². The van der Waals surface area contributed by atoms with Crippen LogP contribution in [0.1, 0.15) is 28.4 Å². The summed E-state index contributed by atoms with van der Waals surface area (Å²) in [6.45, 7) is 3.73. The maximum Gasteiger partial charge on any atom is 0.264 e. The number of halogens is 1. The molecule has 1 aliphatic rings. The number of hydrogen-bond donors (Lipinski definition) is 1. The number of rotatable bonds is 4. The average molecular weight is 424 g/mol. The van der Waals surface area contributed by atoms with E-state index in [0.717, 1.165) is 28.9 Å². The lowest BCUT2D eigenvalue weighted by atomic mass is 10.1. The number of carbonyl (C=O) groups is 1. The molecule has 3 aromatic rings. The summed E-state index contributed by atoms with van der Waals surface area (Å²) in [4.78, 5) is 12.7. The van der Waals surface area contributed by atoms with Crippen LogP contribution in [0.5, 0.6) is 0 Å². The molecule has 0 aromatic heterocycles. The fourth-order valence-electron chi connectivity index (χ4n) is 3.74. The van der Waals surface area contributed by atoms with Crippen LogP contribution in [0.25, 0.3) is 0 Å². The van der Waals surface area contributed by atoms with E-state index in [1.807, 2.05) is 38.1 Å². The monoisotopic (exact) mass is 424 g/mol. The summed E-state index contributed by atoms with van der Waals surface area (Å²) in [5.74, 6) is -0.743. The van der Waals surface area contributed by atoms with Crippen LogP contribution in [-0.2, 0) is 16.4 Å². The minimum absolute atomic E-state index is 0.0324. The number of amides is 1. The predicted molar refractivity (Wildman–Crippen MR) is 115 cm³/mol. The average Bonchev–Trinajstić information content (AvgIpc) is 3.05. The lowest BCUT2D eigenvalue weighted by Gasteiger charge is -2.24. The number of aryl methyl sites for hydroxylation is 1. The molecule has 1 aliphatic heterocycles. The number of anilines is 2. The first-order valence-electron chi connectivity index (χ1n) is 9.57. The Labute approximate surface area is 175 Å². The van der Waals surface area contributed by atoms with E-state index in [9.17, 15) is 17.6 Å². The summed E-state index contributed by atoms with van der Waals surface area (Å²) < 4.78 is 40.8.